The largest absolute Gasteiger partial charge is 0.301 e. The Hall–Kier alpha value is 0.400. The normalized spacial score (nSPS) is 32.1. The molecule has 122 valence electrons. The summed E-state index contributed by atoms with van der Waals surface area (Å²) in [7, 11) is 0. The van der Waals surface area contributed by atoms with Crippen LogP contribution in [-0.2, 0) is 0 Å². The minimum atomic E-state index is 0.577. The molecule has 2 aliphatic heterocycles. The fourth-order valence-corrected chi connectivity index (χ4v) is 5.56. The molecule has 0 bridgehead atoms. The first kappa shape index (κ1) is 16.3. The van der Waals surface area contributed by atoms with Gasteiger partial charge in [-0.2, -0.15) is 0 Å². The summed E-state index contributed by atoms with van der Waals surface area (Å²) < 4.78 is 0. The van der Waals surface area contributed by atoms with Crippen LogP contribution in [0.2, 0.25) is 0 Å². The molecular weight excluding hydrogens is 324 g/mol. The Morgan fingerprint density at radius 3 is 2.19 bits per heavy atom. The van der Waals surface area contributed by atoms with E-state index in [1.54, 1.807) is 0 Å². The van der Waals surface area contributed by atoms with Crippen molar-refractivity contribution in [2.75, 3.05) is 38.1 Å². The maximum absolute atomic E-state index is 3.86. The van der Waals surface area contributed by atoms with Crippen molar-refractivity contribution < 1.29 is 0 Å². The molecule has 1 atom stereocenters. The van der Waals surface area contributed by atoms with Gasteiger partial charge in [0.15, 0.2) is 0 Å². The van der Waals surface area contributed by atoms with Crippen LogP contribution in [0.25, 0.3) is 0 Å². The number of rotatable bonds is 4. The smallest absolute Gasteiger partial charge is 0.0235 e. The highest BCUT2D eigenvalue weighted by Crippen LogP contribution is 2.38. The molecule has 3 aliphatic rings. The van der Waals surface area contributed by atoms with Crippen molar-refractivity contribution in [3.8, 4) is 0 Å². The van der Waals surface area contributed by atoms with E-state index in [0.29, 0.717) is 5.41 Å². The number of nitrogens with zero attached hydrogens (tertiary/aromatic N) is 2. The van der Waals surface area contributed by atoms with E-state index in [4.69, 9.17) is 0 Å². The van der Waals surface area contributed by atoms with Gasteiger partial charge in [-0.05, 0) is 57.2 Å². The molecule has 0 N–H and O–H groups in total. The topological polar surface area (TPSA) is 6.48 Å². The van der Waals surface area contributed by atoms with Gasteiger partial charge in [-0.1, -0.05) is 48.0 Å². The van der Waals surface area contributed by atoms with Gasteiger partial charge in [0.2, 0.25) is 0 Å². The first-order valence-electron chi connectivity index (χ1n) is 9.34. The molecule has 2 nitrogen and oxygen atoms in total. The molecule has 3 heteroatoms. The predicted molar refractivity (Wildman–Crippen MR) is 94.2 cm³/mol. The zero-order chi connectivity index (χ0) is 14.5. The second-order valence-corrected chi connectivity index (χ2v) is 8.38. The van der Waals surface area contributed by atoms with E-state index in [-0.39, 0.29) is 0 Å². The Morgan fingerprint density at radius 2 is 1.52 bits per heavy atom. The summed E-state index contributed by atoms with van der Waals surface area (Å²) in [5, 5.41) is 1.21. The molecule has 1 aliphatic carbocycles. The zero-order valence-corrected chi connectivity index (χ0v) is 15.2. The van der Waals surface area contributed by atoms with Gasteiger partial charge in [0.05, 0.1) is 0 Å². The van der Waals surface area contributed by atoms with Crippen LogP contribution in [-0.4, -0.2) is 53.9 Å². The number of hydrogen-bond acceptors (Lipinski definition) is 2. The lowest BCUT2D eigenvalue weighted by atomic mass is 9.82. The molecule has 0 aromatic rings. The molecule has 3 rings (SSSR count). The summed E-state index contributed by atoms with van der Waals surface area (Å²) in [5.41, 5.74) is 0.577. The second kappa shape index (κ2) is 7.79. The van der Waals surface area contributed by atoms with Gasteiger partial charge >= 0.3 is 0 Å². The number of alkyl halides is 1. The summed E-state index contributed by atoms with van der Waals surface area (Å²) in [6.45, 7) is 6.76. The fraction of sp³-hybridized carbons (Fsp3) is 1.00. The minimum absolute atomic E-state index is 0.577. The van der Waals surface area contributed by atoms with Crippen LogP contribution >= 0.6 is 15.9 Å². The van der Waals surface area contributed by atoms with Crippen molar-refractivity contribution in [2.45, 2.75) is 70.3 Å². The highest BCUT2D eigenvalue weighted by molar-refractivity contribution is 9.09. The fourth-order valence-electron chi connectivity index (χ4n) is 4.82. The Balaban J connectivity index is 1.52. The van der Waals surface area contributed by atoms with Gasteiger partial charge in [0.25, 0.3) is 0 Å². The van der Waals surface area contributed by atoms with Crippen LogP contribution in [0.1, 0.15) is 64.2 Å². The molecule has 0 spiro atoms. The first-order valence-corrected chi connectivity index (χ1v) is 10.5. The zero-order valence-electron chi connectivity index (χ0n) is 13.7. The molecule has 0 amide bonds. The summed E-state index contributed by atoms with van der Waals surface area (Å²) >= 11 is 3.86. The van der Waals surface area contributed by atoms with E-state index < -0.39 is 0 Å². The predicted octanol–water partition coefficient (Wildman–Crippen LogP) is 4.28. The quantitative estimate of drug-likeness (QED) is 0.547. The average molecular weight is 357 g/mol. The van der Waals surface area contributed by atoms with Gasteiger partial charge in [-0.25, -0.2) is 0 Å². The SMILES string of the molecule is BrCC1(CN2CCC(N3CCCCC3)C2)CCCCCC1. The summed E-state index contributed by atoms with van der Waals surface area (Å²) in [6, 6.07) is 0.864. The average Bonchev–Trinajstić information content (AvgIpc) is 2.86. The maximum atomic E-state index is 3.86. The van der Waals surface area contributed by atoms with E-state index in [2.05, 4.69) is 25.7 Å². The molecule has 1 saturated carbocycles. The van der Waals surface area contributed by atoms with Crippen LogP contribution in [0, 0.1) is 5.41 Å². The Morgan fingerprint density at radius 1 is 0.857 bits per heavy atom. The number of piperidine rings is 1. The van der Waals surface area contributed by atoms with Crippen LogP contribution in [0.5, 0.6) is 0 Å². The third kappa shape index (κ3) is 4.23. The van der Waals surface area contributed by atoms with E-state index in [9.17, 15) is 0 Å². The van der Waals surface area contributed by atoms with Crippen molar-refractivity contribution in [1.82, 2.24) is 9.80 Å². The molecule has 3 fully saturated rings. The van der Waals surface area contributed by atoms with Crippen LogP contribution < -0.4 is 0 Å². The van der Waals surface area contributed by atoms with Crippen molar-refractivity contribution >= 4 is 15.9 Å². The van der Waals surface area contributed by atoms with Crippen molar-refractivity contribution in [3.63, 3.8) is 0 Å². The second-order valence-electron chi connectivity index (χ2n) is 7.82. The van der Waals surface area contributed by atoms with Crippen LogP contribution in [0.15, 0.2) is 0 Å². The van der Waals surface area contributed by atoms with Crippen LogP contribution in [0.4, 0.5) is 0 Å². The lowest BCUT2D eigenvalue weighted by Crippen LogP contribution is -2.43. The van der Waals surface area contributed by atoms with E-state index in [0.717, 1.165) is 6.04 Å². The van der Waals surface area contributed by atoms with E-state index in [1.807, 2.05) is 0 Å². The third-order valence-corrected chi connectivity index (χ3v) is 7.35. The highest BCUT2D eigenvalue weighted by Gasteiger charge is 2.35. The monoisotopic (exact) mass is 356 g/mol. The molecule has 0 aromatic heterocycles. The lowest BCUT2D eigenvalue weighted by Gasteiger charge is -2.36. The van der Waals surface area contributed by atoms with Gasteiger partial charge in [0.1, 0.15) is 0 Å². The van der Waals surface area contributed by atoms with Gasteiger partial charge in [-0.15, -0.1) is 0 Å². The molecule has 2 heterocycles. The van der Waals surface area contributed by atoms with Gasteiger partial charge in [0, 0.05) is 24.5 Å². The first-order chi connectivity index (χ1) is 10.3. The lowest BCUT2D eigenvalue weighted by molar-refractivity contribution is 0.139. The van der Waals surface area contributed by atoms with E-state index >= 15 is 0 Å². The molecule has 21 heavy (non-hydrogen) atoms. The number of halogens is 1. The van der Waals surface area contributed by atoms with Gasteiger partial charge < -0.3 is 4.90 Å². The molecular formula is C18H33BrN2. The summed E-state index contributed by atoms with van der Waals surface area (Å²) in [5.74, 6) is 0. The van der Waals surface area contributed by atoms with Crippen molar-refractivity contribution in [2.24, 2.45) is 5.41 Å². The Labute approximate surface area is 139 Å². The standard InChI is InChI=1S/C18H33BrN2/c19-15-18(9-4-1-2-5-10-18)16-20-13-8-17(14-20)21-11-6-3-7-12-21/h17H,1-16H2. The molecule has 0 radical (unpaired) electrons. The molecule has 2 saturated heterocycles. The van der Waals surface area contributed by atoms with Crippen LogP contribution in [0.3, 0.4) is 0 Å². The molecule has 1 unspecified atom stereocenters. The van der Waals surface area contributed by atoms with Crippen molar-refractivity contribution in [1.29, 1.82) is 0 Å². The number of hydrogen-bond donors (Lipinski definition) is 0. The minimum Gasteiger partial charge on any atom is -0.301 e. The highest BCUT2D eigenvalue weighted by atomic mass is 79.9. The molecule has 0 aromatic carbocycles. The summed E-state index contributed by atoms with van der Waals surface area (Å²) in [6.07, 6.45) is 14.5. The van der Waals surface area contributed by atoms with Gasteiger partial charge in [-0.3, -0.25) is 4.90 Å². The Kier molecular flexibility index (Phi) is 6.03. The van der Waals surface area contributed by atoms with E-state index in [1.165, 1.54) is 102 Å². The Bertz CT molecular complexity index is 306. The van der Waals surface area contributed by atoms with Crippen molar-refractivity contribution in [3.05, 3.63) is 0 Å². The third-order valence-electron chi connectivity index (χ3n) is 6.16. The summed E-state index contributed by atoms with van der Waals surface area (Å²) in [4.78, 5) is 5.59. The number of likely N-dealkylation sites (tertiary alicyclic amines) is 2. The maximum Gasteiger partial charge on any atom is 0.0235 e.